The summed E-state index contributed by atoms with van der Waals surface area (Å²) in [6.45, 7) is 4.57. The lowest BCUT2D eigenvalue weighted by atomic mass is 9.96. The third kappa shape index (κ3) is 3.39. The fourth-order valence-electron chi connectivity index (χ4n) is 2.65. The van der Waals surface area contributed by atoms with E-state index < -0.39 is 0 Å². The first-order valence-corrected chi connectivity index (χ1v) is 8.17. The molecular formula is C16H16FN3O2S. The first-order chi connectivity index (χ1) is 11.1. The number of nitrogens with one attached hydrogen (secondary N) is 1. The molecule has 3 rings (SSSR count). The number of nitrogens with zero attached hydrogens (tertiary/aromatic N) is 2. The lowest BCUT2D eigenvalue weighted by Crippen LogP contribution is -2.40. The van der Waals surface area contributed by atoms with Gasteiger partial charge in [-0.2, -0.15) is 0 Å². The number of hydrogen-bond acceptors (Lipinski definition) is 4. The summed E-state index contributed by atoms with van der Waals surface area (Å²) in [5.74, 6) is -0.695. The molecule has 0 saturated carbocycles. The fraction of sp³-hybridized carbons (Fsp3) is 0.312. The van der Waals surface area contributed by atoms with E-state index in [1.165, 1.54) is 29.5 Å². The van der Waals surface area contributed by atoms with Crippen molar-refractivity contribution >= 4 is 38.5 Å². The lowest BCUT2D eigenvalue weighted by molar-refractivity contribution is -0.130. The van der Waals surface area contributed by atoms with Crippen molar-refractivity contribution < 1.29 is 14.0 Å². The first kappa shape index (κ1) is 15.6. The van der Waals surface area contributed by atoms with Gasteiger partial charge in [0, 0.05) is 25.1 Å². The van der Waals surface area contributed by atoms with Gasteiger partial charge in [-0.05, 0) is 31.1 Å². The number of piperidine rings is 1. The molecule has 0 aliphatic carbocycles. The van der Waals surface area contributed by atoms with Gasteiger partial charge in [0.1, 0.15) is 5.82 Å². The second-order valence-corrected chi connectivity index (χ2v) is 6.45. The van der Waals surface area contributed by atoms with Crippen molar-refractivity contribution in [1.82, 2.24) is 9.88 Å². The average Bonchev–Trinajstić information content (AvgIpc) is 2.95. The second kappa shape index (κ2) is 6.45. The summed E-state index contributed by atoms with van der Waals surface area (Å²) < 4.78 is 14.0. The summed E-state index contributed by atoms with van der Waals surface area (Å²) in [6, 6.07) is 4.37. The predicted octanol–water partition coefficient (Wildman–Crippen LogP) is 2.80. The molecule has 5 nitrogen and oxygen atoms in total. The van der Waals surface area contributed by atoms with Crippen LogP contribution in [0.1, 0.15) is 12.8 Å². The van der Waals surface area contributed by atoms with Gasteiger partial charge in [-0.3, -0.25) is 9.59 Å². The third-order valence-electron chi connectivity index (χ3n) is 3.93. The lowest BCUT2D eigenvalue weighted by Gasteiger charge is -2.30. The van der Waals surface area contributed by atoms with E-state index in [9.17, 15) is 14.0 Å². The first-order valence-electron chi connectivity index (χ1n) is 7.35. The molecule has 1 N–H and O–H groups in total. The van der Waals surface area contributed by atoms with Crippen LogP contribution in [0, 0.1) is 11.7 Å². The molecule has 1 aliphatic heterocycles. The number of amides is 2. The Labute approximate surface area is 136 Å². The molecular weight excluding hydrogens is 317 g/mol. The number of aromatic nitrogens is 1. The van der Waals surface area contributed by atoms with Crippen LogP contribution in [0.3, 0.4) is 0 Å². The monoisotopic (exact) mass is 333 g/mol. The highest BCUT2D eigenvalue weighted by Crippen LogP contribution is 2.27. The number of carbonyl (C=O) groups excluding carboxylic acids is 2. The molecule has 2 amide bonds. The van der Waals surface area contributed by atoms with Gasteiger partial charge in [-0.15, -0.1) is 0 Å². The zero-order chi connectivity index (χ0) is 16.4. The normalized spacial score (nSPS) is 15.6. The Hall–Kier alpha value is -2.28. The number of fused-ring (bicyclic) bond motifs is 1. The van der Waals surface area contributed by atoms with Gasteiger partial charge in [0.15, 0.2) is 5.13 Å². The molecule has 0 spiro atoms. The topological polar surface area (TPSA) is 62.3 Å². The van der Waals surface area contributed by atoms with Gasteiger partial charge in [0.25, 0.3) is 0 Å². The molecule has 7 heteroatoms. The summed E-state index contributed by atoms with van der Waals surface area (Å²) in [5, 5.41) is 3.27. The van der Waals surface area contributed by atoms with E-state index in [1.54, 1.807) is 11.0 Å². The van der Waals surface area contributed by atoms with Crippen LogP contribution in [-0.4, -0.2) is 34.8 Å². The quantitative estimate of drug-likeness (QED) is 0.879. The molecule has 0 radical (unpaired) electrons. The Balaban J connectivity index is 1.62. The summed E-state index contributed by atoms with van der Waals surface area (Å²) in [4.78, 5) is 29.8. The van der Waals surface area contributed by atoms with Crippen molar-refractivity contribution in [3.63, 3.8) is 0 Å². The van der Waals surface area contributed by atoms with Gasteiger partial charge >= 0.3 is 0 Å². The third-order valence-corrected chi connectivity index (χ3v) is 4.88. The molecule has 1 aliphatic rings. The van der Waals surface area contributed by atoms with Crippen LogP contribution in [-0.2, 0) is 9.59 Å². The van der Waals surface area contributed by atoms with Crippen molar-refractivity contribution in [2.45, 2.75) is 12.8 Å². The second-order valence-electron chi connectivity index (χ2n) is 5.42. The number of thiazole rings is 1. The number of anilines is 1. The summed E-state index contributed by atoms with van der Waals surface area (Å²) >= 11 is 1.32. The molecule has 2 aromatic rings. The van der Waals surface area contributed by atoms with E-state index >= 15 is 0 Å². The van der Waals surface area contributed by atoms with Crippen molar-refractivity contribution in [1.29, 1.82) is 0 Å². The molecule has 1 aromatic carbocycles. The van der Waals surface area contributed by atoms with E-state index in [4.69, 9.17) is 0 Å². The molecule has 120 valence electrons. The maximum Gasteiger partial charge on any atom is 0.245 e. The molecule has 1 aromatic heterocycles. The number of hydrogen-bond donors (Lipinski definition) is 1. The highest BCUT2D eigenvalue weighted by Gasteiger charge is 2.27. The van der Waals surface area contributed by atoms with Crippen molar-refractivity contribution in [2.75, 3.05) is 18.4 Å². The summed E-state index contributed by atoms with van der Waals surface area (Å²) in [5.41, 5.74) is 0.539. The van der Waals surface area contributed by atoms with Gasteiger partial charge < -0.3 is 10.2 Å². The number of rotatable bonds is 3. The van der Waals surface area contributed by atoms with Crippen LogP contribution in [0.25, 0.3) is 10.2 Å². The zero-order valence-electron chi connectivity index (χ0n) is 12.4. The minimum absolute atomic E-state index is 0.0999. The number of halogens is 1. The minimum atomic E-state index is -0.347. The highest BCUT2D eigenvalue weighted by molar-refractivity contribution is 7.22. The predicted molar refractivity (Wildman–Crippen MR) is 87.7 cm³/mol. The average molecular weight is 333 g/mol. The van der Waals surface area contributed by atoms with Gasteiger partial charge in [-0.25, -0.2) is 9.37 Å². The maximum absolute atomic E-state index is 13.2. The number of likely N-dealkylation sites (tertiary alicyclic amines) is 1. The van der Waals surface area contributed by atoms with Crippen LogP contribution >= 0.6 is 11.3 Å². The van der Waals surface area contributed by atoms with Crippen molar-refractivity contribution in [2.24, 2.45) is 5.92 Å². The molecule has 2 heterocycles. The standard InChI is InChI=1S/C16H16FN3O2S/c1-2-14(21)20-7-5-10(6-8-20)15(22)19-16-18-12-9-11(17)3-4-13(12)23-16/h2-4,9-10H,1,5-8H2,(H,18,19,22). The van der Waals surface area contributed by atoms with Gasteiger partial charge in [0.05, 0.1) is 10.2 Å². The van der Waals surface area contributed by atoms with E-state index in [0.29, 0.717) is 36.6 Å². The van der Waals surface area contributed by atoms with Crippen LogP contribution in [0.15, 0.2) is 30.9 Å². The minimum Gasteiger partial charge on any atom is -0.339 e. The van der Waals surface area contributed by atoms with Crippen molar-refractivity contribution in [3.05, 3.63) is 36.7 Å². The Morgan fingerprint density at radius 3 is 2.83 bits per heavy atom. The molecule has 0 bridgehead atoms. The van der Waals surface area contributed by atoms with Gasteiger partial charge in [0.2, 0.25) is 11.8 Å². The Bertz CT molecular complexity index is 766. The highest BCUT2D eigenvalue weighted by atomic mass is 32.1. The van der Waals surface area contributed by atoms with E-state index in [0.717, 1.165) is 4.70 Å². The van der Waals surface area contributed by atoms with Crippen molar-refractivity contribution in [3.8, 4) is 0 Å². The molecule has 1 saturated heterocycles. The van der Waals surface area contributed by atoms with E-state index in [2.05, 4.69) is 16.9 Å². The van der Waals surface area contributed by atoms with Crippen LogP contribution in [0.2, 0.25) is 0 Å². The Morgan fingerprint density at radius 2 is 2.13 bits per heavy atom. The molecule has 1 fully saturated rings. The maximum atomic E-state index is 13.2. The zero-order valence-corrected chi connectivity index (χ0v) is 13.2. The number of benzene rings is 1. The fourth-order valence-corrected chi connectivity index (χ4v) is 3.50. The van der Waals surface area contributed by atoms with Crippen LogP contribution < -0.4 is 5.32 Å². The van der Waals surface area contributed by atoms with E-state index in [-0.39, 0.29) is 23.5 Å². The Morgan fingerprint density at radius 1 is 1.39 bits per heavy atom. The number of carbonyl (C=O) groups is 2. The summed E-state index contributed by atoms with van der Waals surface area (Å²) in [7, 11) is 0. The molecule has 0 atom stereocenters. The van der Waals surface area contributed by atoms with E-state index in [1.807, 2.05) is 0 Å². The SMILES string of the molecule is C=CC(=O)N1CCC(C(=O)Nc2nc3cc(F)ccc3s2)CC1. The smallest absolute Gasteiger partial charge is 0.245 e. The summed E-state index contributed by atoms with van der Waals surface area (Å²) in [6.07, 6.45) is 2.52. The van der Waals surface area contributed by atoms with Crippen LogP contribution in [0.5, 0.6) is 0 Å². The van der Waals surface area contributed by atoms with Crippen LogP contribution in [0.4, 0.5) is 9.52 Å². The molecule has 0 unspecified atom stereocenters. The largest absolute Gasteiger partial charge is 0.339 e. The van der Waals surface area contributed by atoms with Gasteiger partial charge in [-0.1, -0.05) is 17.9 Å². The molecule has 23 heavy (non-hydrogen) atoms. The Kier molecular flexibility index (Phi) is 4.38.